The minimum Gasteiger partial charge on any atom is -0.496 e. The Morgan fingerprint density at radius 1 is 1.24 bits per heavy atom. The fraction of sp³-hybridized carbons (Fsp3) is 0.294. The summed E-state index contributed by atoms with van der Waals surface area (Å²) in [6, 6.07) is 12.2. The quantitative estimate of drug-likeness (QED) is 0.791. The molecule has 0 spiro atoms. The van der Waals surface area contributed by atoms with Crippen LogP contribution in [0.25, 0.3) is 0 Å². The summed E-state index contributed by atoms with van der Waals surface area (Å²) < 4.78 is 6.65. The van der Waals surface area contributed by atoms with Gasteiger partial charge < -0.3 is 10.1 Å². The Balaban J connectivity index is 2.51. The largest absolute Gasteiger partial charge is 0.496 e. The van der Waals surface area contributed by atoms with E-state index in [1.165, 1.54) is 0 Å². The van der Waals surface area contributed by atoms with E-state index in [-0.39, 0.29) is 6.04 Å². The Kier molecular flexibility index (Phi) is 5.68. The van der Waals surface area contributed by atoms with E-state index >= 15 is 0 Å². The predicted molar refractivity (Wildman–Crippen MR) is 92.4 cm³/mol. The lowest BCUT2D eigenvalue weighted by Crippen LogP contribution is -2.22. The van der Waals surface area contributed by atoms with Crippen molar-refractivity contribution in [3.8, 4) is 5.75 Å². The van der Waals surface area contributed by atoms with Crippen molar-refractivity contribution in [3.05, 3.63) is 62.6 Å². The molecule has 0 saturated heterocycles. The number of halogens is 2. The second-order valence-corrected chi connectivity index (χ2v) is 6.18. The zero-order chi connectivity index (χ0) is 15.4. The predicted octanol–water partition coefficient (Wildman–Crippen LogP) is 5.12. The Hall–Kier alpha value is -1.03. The average Bonchev–Trinajstić information content (AvgIpc) is 2.48. The van der Waals surface area contributed by atoms with E-state index in [2.05, 4.69) is 47.2 Å². The zero-order valence-corrected chi connectivity index (χ0v) is 14.8. The van der Waals surface area contributed by atoms with Gasteiger partial charge in [-0.15, -0.1) is 0 Å². The summed E-state index contributed by atoms with van der Waals surface area (Å²) in [5.41, 5.74) is 3.43. The molecule has 0 radical (unpaired) electrons. The number of methoxy groups -OCH3 is 1. The molecule has 2 rings (SSSR count). The maximum Gasteiger partial charge on any atom is 0.124 e. The van der Waals surface area contributed by atoms with Crippen molar-refractivity contribution in [2.75, 3.05) is 13.7 Å². The molecule has 0 bridgehead atoms. The summed E-state index contributed by atoms with van der Waals surface area (Å²) in [6.45, 7) is 5.02. The SMILES string of the molecule is CCNC(c1ccc(Cl)cc1)c1cc(Br)c(C)cc1OC. The van der Waals surface area contributed by atoms with Crippen LogP contribution in [0.1, 0.15) is 29.7 Å². The molecule has 0 aliphatic rings. The Morgan fingerprint density at radius 3 is 2.48 bits per heavy atom. The molecule has 1 unspecified atom stereocenters. The molecule has 2 aromatic carbocycles. The van der Waals surface area contributed by atoms with Crippen LogP contribution in [0, 0.1) is 6.92 Å². The molecule has 0 aromatic heterocycles. The third kappa shape index (κ3) is 3.79. The minimum absolute atomic E-state index is 0.0686. The summed E-state index contributed by atoms with van der Waals surface area (Å²) in [5.74, 6) is 0.886. The second-order valence-electron chi connectivity index (χ2n) is 4.89. The Morgan fingerprint density at radius 2 is 1.90 bits per heavy atom. The van der Waals surface area contributed by atoms with Crippen molar-refractivity contribution in [2.24, 2.45) is 0 Å². The average molecular weight is 369 g/mol. The third-order valence-corrected chi connectivity index (χ3v) is 4.54. The van der Waals surface area contributed by atoms with Gasteiger partial charge in [-0.1, -0.05) is 46.6 Å². The maximum absolute atomic E-state index is 5.99. The summed E-state index contributed by atoms with van der Waals surface area (Å²) in [7, 11) is 1.71. The summed E-state index contributed by atoms with van der Waals surface area (Å²) in [5, 5.41) is 4.25. The lowest BCUT2D eigenvalue weighted by atomic mass is 9.96. The second kappa shape index (κ2) is 7.30. The first kappa shape index (κ1) is 16.3. The fourth-order valence-electron chi connectivity index (χ4n) is 2.34. The van der Waals surface area contributed by atoms with E-state index in [9.17, 15) is 0 Å². The van der Waals surface area contributed by atoms with Gasteiger partial charge in [0.15, 0.2) is 0 Å². The van der Waals surface area contributed by atoms with Gasteiger partial charge >= 0.3 is 0 Å². The molecular weight excluding hydrogens is 350 g/mol. The number of ether oxygens (including phenoxy) is 1. The molecule has 2 nitrogen and oxygen atoms in total. The van der Waals surface area contributed by atoms with E-state index in [4.69, 9.17) is 16.3 Å². The molecule has 4 heteroatoms. The molecule has 0 fully saturated rings. The van der Waals surface area contributed by atoms with Gasteiger partial charge in [0.05, 0.1) is 13.2 Å². The van der Waals surface area contributed by atoms with Crippen molar-refractivity contribution in [1.29, 1.82) is 0 Å². The van der Waals surface area contributed by atoms with E-state index in [1.807, 2.05) is 24.3 Å². The monoisotopic (exact) mass is 367 g/mol. The van der Waals surface area contributed by atoms with Crippen LogP contribution in [0.15, 0.2) is 40.9 Å². The van der Waals surface area contributed by atoms with Gasteiger partial charge in [0.25, 0.3) is 0 Å². The molecular formula is C17H19BrClNO. The van der Waals surface area contributed by atoms with Gasteiger partial charge in [0.2, 0.25) is 0 Å². The van der Waals surface area contributed by atoms with Crippen molar-refractivity contribution in [2.45, 2.75) is 19.9 Å². The first-order chi connectivity index (χ1) is 10.1. The number of hydrogen-bond acceptors (Lipinski definition) is 2. The smallest absolute Gasteiger partial charge is 0.124 e. The van der Waals surface area contributed by atoms with Gasteiger partial charge in [0, 0.05) is 15.1 Å². The number of nitrogens with one attached hydrogen (secondary N) is 1. The van der Waals surface area contributed by atoms with Crippen molar-refractivity contribution in [1.82, 2.24) is 5.32 Å². The topological polar surface area (TPSA) is 21.3 Å². The fourth-order valence-corrected chi connectivity index (χ4v) is 2.83. The molecule has 1 N–H and O–H groups in total. The Bertz CT molecular complexity index is 613. The van der Waals surface area contributed by atoms with Crippen LogP contribution in [0.4, 0.5) is 0 Å². The van der Waals surface area contributed by atoms with Crippen LogP contribution < -0.4 is 10.1 Å². The molecule has 0 heterocycles. The molecule has 2 aromatic rings. The van der Waals surface area contributed by atoms with Crippen LogP contribution in [-0.2, 0) is 0 Å². The first-order valence-corrected chi connectivity index (χ1v) is 8.06. The zero-order valence-electron chi connectivity index (χ0n) is 12.4. The van der Waals surface area contributed by atoms with Crippen molar-refractivity contribution >= 4 is 27.5 Å². The molecule has 1 atom stereocenters. The van der Waals surface area contributed by atoms with E-state index in [1.54, 1.807) is 7.11 Å². The summed E-state index contributed by atoms with van der Waals surface area (Å²) >= 11 is 9.60. The lowest BCUT2D eigenvalue weighted by Gasteiger charge is -2.22. The highest BCUT2D eigenvalue weighted by atomic mass is 79.9. The van der Waals surface area contributed by atoms with E-state index < -0.39 is 0 Å². The van der Waals surface area contributed by atoms with Crippen LogP contribution in [-0.4, -0.2) is 13.7 Å². The van der Waals surface area contributed by atoms with E-state index in [0.717, 1.165) is 38.5 Å². The molecule has 0 aliphatic heterocycles. The molecule has 21 heavy (non-hydrogen) atoms. The van der Waals surface area contributed by atoms with Crippen LogP contribution >= 0.6 is 27.5 Å². The standard InChI is InChI=1S/C17H19BrClNO/c1-4-20-17(12-5-7-13(19)8-6-12)14-10-15(18)11(2)9-16(14)21-3/h5-10,17,20H,4H2,1-3H3. The normalized spacial score (nSPS) is 12.2. The number of aryl methyl sites for hydroxylation is 1. The van der Waals surface area contributed by atoms with Gasteiger partial charge in [-0.05, 0) is 48.9 Å². The van der Waals surface area contributed by atoms with Gasteiger partial charge in [-0.3, -0.25) is 0 Å². The van der Waals surface area contributed by atoms with Crippen molar-refractivity contribution < 1.29 is 4.74 Å². The van der Waals surface area contributed by atoms with Crippen LogP contribution in [0.3, 0.4) is 0 Å². The van der Waals surface area contributed by atoms with Crippen LogP contribution in [0.5, 0.6) is 5.75 Å². The van der Waals surface area contributed by atoms with Crippen LogP contribution in [0.2, 0.25) is 5.02 Å². The lowest BCUT2D eigenvalue weighted by molar-refractivity contribution is 0.404. The molecule has 0 amide bonds. The number of benzene rings is 2. The van der Waals surface area contributed by atoms with Crippen molar-refractivity contribution in [3.63, 3.8) is 0 Å². The highest BCUT2D eigenvalue weighted by Gasteiger charge is 2.18. The summed E-state index contributed by atoms with van der Waals surface area (Å²) in [6.07, 6.45) is 0. The minimum atomic E-state index is 0.0686. The highest BCUT2D eigenvalue weighted by molar-refractivity contribution is 9.10. The third-order valence-electron chi connectivity index (χ3n) is 3.43. The van der Waals surface area contributed by atoms with Gasteiger partial charge in [-0.25, -0.2) is 0 Å². The molecule has 112 valence electrons. The van der Waals surface area contributed by atoms with Gasteiger partial charge in [-0.2, -0.15) is 0 Å². The van der Waals surface area contributed by atoms with Gasteiger partial charge in [0.1, 0.15) is 5.75 Å². The first-order valence-electron chi connectivity index (χ1n) is 6.89. The molecule has 0 saturated carbocycles. The van der Waals surface area contributed by atoms with E-state index in [0.29, 0.717) is 0 Å². The Labute approximate surface area is 139 Å². The highest BCUT2D eigenvalue weighted by Crippen LogP contribution is 2.34. The summed E-state index contributed by atoms with van der Waals surface area (Å²) in [4.78, 5) is 0. The number of rotatable bonds is 5. The number of hydrogen-bond donors (Lipinski definition) is 1. The molecule has 0 aliphatic carbocycles. The maximum atomic E-state index is 5.99.